The Hall–Kier alpha value is -4.00. The maximum absolute atomic E-state index is 13.2. The number of hydrogen-bond donors (Lipinski definition) is 1. The lowest BCUT2D eigenvalue weighted by Gasteiger charge is -2.22. The number of carbonyl (C=O) groups is 1. The monoisotopic (exact) mass is 501 g/mol. The lowest BCUT2D eigenvalue weighted by atomic mass is 9.91. The first-order chi connectivity index (χ1) is 17.9. The van der Waals surface area contributed by atoms with Gasteiger partial charge >= 0.3 is 0 Å². The number of nitrogens with one attached hydrogen (secondary N) is 1. The average Bonchev–Trinajstić information content (AvgIpc) is 3.35. The largest absolute Gasteiger partial charge is 0.497 e. The number of pyridine rings is 1. The Balaban J connectivity index is 1.72. The molecule has 2 aromatic carbocycles. The van der Waals surface area contributed by atoms with Crippen molar-refractivity contribution < 1.29 is 19.0 Å². The molecule has 194 valence electrons. The molecular weight excluding hydrogens is 466 g/mol. The number of fused-ring (bicyclic) bond motifs is 1. The lowest BCUT2D eigenvalue weighted by molar-refractivity contribution is -0.122. The van der Waals surface area contributed by atoms with E-state index in [1.54, 1.807) is 14.2 Å². The van der Waals surface area contributed by atoms with Crippen LogP contribution in [-0.4, -0.2) is 35.6 Å². The number of carbonyl (C=O) groups excluding carboxylic acids is 1. The summed E-state index contributed by atoms with van der Waals surface area (Å²) < 4.78 is 19.2. The van der Waals surface area contributed by atoms with Crippen molar-refractivity contribution in [3.63, 3.8) is 0 Å². The molecule has 7 heteroatoms. The third-order valence-electron chi connectivity index (χ3n) is 6.68. The Morgan fingerprint density at radius 2 is 1.68 bits per heavy atom. The molecule has 0 aliphatic heterocycles. The van der Waals surface area contributed by atoms with E-state index in [0.29, 0.717) is 35.4 Å². The zero-order valence-corrected chi connectivity index (χ0v) is 22.1. The van der Waals surface area contributed by atoms with Crippen LogP contribution in [0, 0.1) is 5.92 Å². The molecule has 4 aromatic rings. The van der Waals surface area contributed by atoms with Gasteiger partial charge in [0.05, 0.1) is 19.9 Å². The molecule has 0 saturated heterocycles. The predicted molar refractivity (Wildman–Crippen MR) is 144 cm³/mol. The number of hydrogen-bond acceptors (Lipinski definition) is 5. The van der Waals surface area contributed by atoms with Gasteiger partial charge < -0.3 is 23.9 Å². The van der Waals surface area contributed by atoms with Crippen molar-refractivity contribution in [2.45, 2.75) is 45.8 Å². The van der Waals surface area contributed by atoms with Crippen LogP contribution in [0.3, 0.4) is 0 Å². The Bertz CT molecular complexity index is 1310. The van der Waals surface area contributed by atoms with Gasteiger partial charge in [-0.1, -0.05) is 44.2 Å². The van der Waals surface area contributed by atoms with Crippen LogP contribution in [0.15, 0.2) is 73.1 Å². The van der Waals surface area contributed by atoms with Gasteiger partial charge in [-0.05, 0) is 48.2 Å². The van der Waals surface area contributed by atoms with Crippen molar-refractivity contribution >= 4 is 11.6 Å². The summed E-state index contributed by atoms with van der Waals surface area (Å²) in [7, 11) is 3.24. The summed E-state index contributed by atoms with van der Waals surface area (Å²) in [6, 6.07) is 19.6. The van der Waals surface area contributed by atoms with E-state index in [2.05, 4.69) is 19.2 Å². The molecule has 37 heavy (non-hydrogen) atoms. The molecule has 0 fully saturated rings. The zero-order valence-electron chi connectivity index (χ0n) is 22.1. The van der Waals surface area contributed by atoms with Gasteiger partial charge in [0.25, 0.3) is 0 Å². The van der Waals surface area contributed by atoms with E-state index >= 15 is 0 Å². The number of imidazole rings is 1. The van der Waals surface area contributed by atoms with Gasteiger partial charge in [-0.3, -0.25) is 4.79 Å². The molecule has 0 spiro atoms. The highest BCUT2D eigenvalue weighted by Crippen LogP contribution is 2.35. The number of amides is 1. The van der Waals surface area contributed by atoms with Crippen LogP contribution in [-0.2, 0) is 11.4 Å². The minimum atomic E-state index is -0.289. The second kappa shape index (κ2) is 11.8. The Morgan fingerprint density at radius 3 is 2.32 bits per heavy atom. The van der Waals surface area contributed by atoms with Gasteiger partial charge in [-0.15, -0.1) is 0 Å². The molecule has 2 aromatic heterocycles. The fraction of sp³-hybridized carbons (Fsp3) is 0.333. The van der Waals surface area contributed by atoms with E-state index in [1.165, 1.54) is 0 Å². The molecule has 0 radical (unpaired) electrons. The van der Waals surface area contributed by atoms with Crippen LogP contribution in [0.5, 0.6) is 17.2 Å². The van der Waals surface area contributed by atoms with Gasteiger partial charge in [-0.25, -0.2) is 4.98 Å². The molecule has 4 rings (SSSR count). The minimum absolute atomic E-state index is 0.0283. The molecule has 2 heterocycles. The van der Waals surface area contributed by atoms with E-state index in [0.717, 1.165) is 16.8 Å². The first-order valence-corrected chi connectivity index (χ1v) is 12.5. The van der Waals surface area contributed by atoms with Crippen molar-refractivity contribution in [3.8, 4) is 17.2 Å². The molecule has 0 unspecified atom stereocenters. The average molecular weight is 502 g/mol. The van der Waals surface area contributed by atoms with Crippen molar-refractivity contribution in [2.75, 3.05) is 14.2 Å². The van der Waals surface area contributed by atoms with Crippen molar-refractivity contribution in [1.82, 2.24) is 14.7 Å². The van der Waals surface area contributed by atoms with Crippen LogP contribution in [0.4, 0.5) is 0 Å². The first-order valence-electron chi connectivity index (χ1n) is 12.5. The highest BCUT2D eigenvalue weighted by molar-refractivity contribution is 5.78. The summed E-state index contributed by atoms with van der Waals surface area (Å²) >= 11 is 0. The van der Waals surface area contributed by atoms with Gasteiger partial charge in [0.2, 0.25) is 5.91 Å². The highest BCUT2D eigenvalue weighted by atomic mass is 16.5. The van der Waals surface area contributed by atoms with E-state index in [4.69, 9.17) is 19.2 Å². The SMILES string of the molecule is COc1cc(OC)cc([C@@H](CC(=O)N[C@@H](C)C(C)C)c2cnc3c(OCc4ccccc4)cccn23)c1. The first kappa shape index (κ1) is 26.1. The van der Waals surface area contributed by atoms with Gasteiger partial charge in [0, 0.05) is 36.8 Å². The standard InChI is InChI=1S/C30H35N3O4/c1-20(2)21(3)32-29(34)17-26(23-14-24(35-4)16-25(15-23)36-5)27-18-31-30-28(12-9-13-33(27)30)37-19-22-10-7-6-8-11-22/h6-16,18,20-21,26H,17,19H2,1-5H3,(H,32,34)/t21-,26+/m0/s1. The van der Waals surface area contributed by atoms with E-state index < -0.39 is 0 Å². The molecular formula is C30H35N3O4. The second-order valence-electron chi connectivity index (χ2n) is 9.53. The maximum Gasteiger partial charge on any atom is 0.221 e. The van der Waals surface area contributed by atoms with Gasteiger partial charge in [0.1, 0.15) is 18.1 Å². The number of nitrogens with zero attached hydrogens (tertiary/aromatic N) is 2. The number of aromatic nitrogens is 2. The molecule has 0 saturated carbocycles. The molecule has 7 nitrogen and oxygen atoms in total. The van der Waals surface area contributed by atoms with E-state index in [1.807, 2.05) is 84.4 Å². The quantitative estimate of drug-likeness (QED) is 0.289. The second-order valence-corrected chi connectivity index (χ2v) is 9.53. The lowest BCUT2D eigenvalue weighted by Crippen LogP contribution is -2.36. The number of rotatable bonds is 11. The molecule has 0 bridgehead atoms. The number of methoxy groups -OCH3 is 2. The Morgan fingerprint density at radius 1 is 0.973 bits per heavy atom. The third kappa shape index (κ3) is 6.23. The summed E-state index contributed by atoms with van der Waals surface area (Å²) in [5.74, 6) is 2.02. The fourth-order valence-corrected chi connectivity index (χ4v) is 4.20. The van der Waals surface area contributed by atoms with Crippen LogP contribution < -0.4 is 19.5 Å². The van der Waals surface area contributed by atoms with E-state index in [-0.39, 0.29) is 24.3 Å². The molecule has 2 atom stereocenters. The van der Waals surface area contributed by atoms with Crippen molar-refractivity contribution in [1.29, 1.82) is 0 Å². The van der Waals surface area contributed by atoms with Crippen LogP contribution >= 0.6 is 0 Å². The Labute approximate surface area is 218 Å². The smallest absolute Gasteiger partial charge is 0.221 e. The maximum atomic E-state index is 13.2. The van der Waals surface area contributed by atoms with Crippen molar-refractivity contribution in [3.05, 3.63) is 89.9 Å². The molecule has 0 aliphatic rings. The molecule has 1 N–H and O–H groups in total. The van der Waals surface area contributed by atoms with Crippen LogP contribution in [0.25, 0.3) is 5.65 Å². The predicted octanol–water partition coefficient (Wildman–Crippen LogP) is 5.61. The van der Waals surface area contributed by atoms with E-state index in [9.17, 15) is 4.79 Å². The number of ether oxygens (including phenoxy) is 3. The fourth-order valence-electron chi connectivity index (χ4n) is 4.20. The summed E-state index contributed by atoms with van der Waals surface area (Å²) in [5, 5.41) is 3.14. The van der Waals surface area contributed by atoms with Crippen LogP contribution in [0.1, 0.15) is 49.9 Å². The highest BCUT2D eigenvalue weighted by Gasteiger charge is 2.25. The zero-order chi connectivity index (χ0) is 26.4. The normalized spacial score (nSPS) is 12.8. The number of benzene rings is 2. The van der Waals surface area contributed by atoms with Crippen LogP contribution in [0.2, 0.25) is 0 Å². The summed E-state index contributed by atoms with van der Waals surface area (Å²) in [6.07, 6.45) is 4.02. The molecule has 0 aliphatic carbocycles. The van der Waals surface area contributed by atoms with Gasteiger partial charge in [0.15, 0.2) is 11.4 Å². The van der Waals surface area contributed by atoms with Gasteiger partial charge in [-0.2, -0.15) is 0 Å². The van der Waals surface area contributed by atoms with Crippen molar-refractivity contribution in [2.24, 2.45) is 5.92 Å². The third-order valence-corrected chi connectivity index (χ3v) is 6.68. The summed E-state index contributed by atoms with van der Waals surface area (Å²) in [4.78, 5) is 17.9. The summed E-state index contributed by atoms with van der Waals surface area (Å²) in [6.45, 7) is 6.65. The summed E-state index contributed by atoms with van der Waals surface area (Å²) in [5.41, 5.74) is 3.56. The Kier molecular flexibility index (Phi) is 8.33. The minimum Gasteiger partial charge on any atom is -0.497 e. The topological polar surface area (TPSA) is 74.1 Å². The molecule has 1 amide bonds.